The van der Waals surface area contributed by atoms with Crippen LogP contribution >= 0.6 is 12.4 Å². The third-order valence-electron chi connectivity index (χ3n) is 6.85. The molecular formula is C22H30ClN3O3. The summed E-state index contributed by atoms with van der Waals surface area (Å²) in [6.07, 6.45) is 6.56. The average Bonchev–Trinajstić information content (AvgIpc) is 2.64. The van der Waals surface area contributed by atoms with Gasteiger partial charge in [-0.2, -0.15) is 5.10 Å². The molecule has 0 atom stereocenters. The first-order chi connectivity index (χ1) is 13.4. The standard InChI is InChI=1S/C22H29N3O3.ClH/c1-21(2)13-18(23-24-20(21)26)15-6-7-19-16(12-15)14-27-22(28-19)8-10-25(11-9-22)17-4-3-5-17;/h6-7,12,17H,3-5,8-11,13-14H2,1-2H3,(H,24,26);1H. The molecule has 0 radical (unpaired) electrons. The number of carbonyl (C=O) groups excluding carboxylic acids is 1. The first-order valence-corrected chi connectivity index (χ1v) is 10.5. The van der Waals surface area contributed by atoms with Gasteiger partial charge in [0.15, 0.2) is 0 Å². The summed E-state index contributed by atoms with van der Waals surface area (Å²) >= 11 is 0. The van der Waals surface area contributed by atoms with E-state index in [0.717, 1.165) is 54.6 Å². The molecule has 0 unspecified atom stereocenters. The third kappa shape index (κ3) is 3.78. The number of halogens is 1. The lowest BCUT2D eigenvalue weighted by molar-refractivity contribution is -0.231. The van der Waals surface area contributed by atoms with Crippen LogP contribution < -0.4 is 10.2 Å². The van der Waals surface area contributed by atoms with Crippen LogP contribution in [0.2, 0.25) is 0 Å². The van der Waals surface area contributed by atoms with Crippen molar-refractivity contribution in [3.05, 3.63) is 29.3 Å². The lowest BCUT2D eigenvalue weighted by atomic mass is 9.83. The van der Waals surface area contributed by atoms with E-state index in [1.54, 1.807) is 0 Å². The highest BCUT2D eigenvalue weighted by molar-refractivity contribution is 6.06. The Bertz CT molecular complexity index is 827. The van der Waals surface area contributed by atoms with E-state index >= 15 is 0 Å². The van der Waals surface area contributed by atoms with Gasteiger partial charge in [-0.3, -0.25) is 9.69 Å². The Hall–Kier alpha value is -1.63. The number of hydrogen-bond acceptors (Lipinski definition) is 5. The van der Waals surface area contributed by atoms with Crippen LogP contribution in [0.1, 0.15) is 63.5 Å². The van der Waals surface area contributed by atoms with Crippen LogP contribution in [0.15, 0.2) is 23.3 Å². The second-order valence-corrected chi connectivity index (χ2v) is 9.30. The molecule has 1 spiro atoms. The van der Waals surface area contributed by atoms with Crippen molar-refractivity contribution in [2.75, 3.05) is 13.1 Å². The summed E-state index contributed by atoms with van der Waals surface area (Å²) in [7, 11) is 0. The van der Waals surface area contributed by atoms with Gasteiger partial charge < -0.3 is 9.47 Å². The Kier molecular flexibility index (Phi) is 5.38. The first kappa shape index (κ1) is 20.6. The van der Waals surface area contributed by atoms with Crippen LogP contribution in [0.3, 0.4) is 0 Å². The highest BCUT2D eigenvalue weighted by Gasteiger charge is 2.43. The van der Waals surface area contributed by atoms with Crippen LogP contribution in [-0.2, 0) is 16.1 Å². The molecule has 1 aliphatic carbocycles. The zero-order chi connectivity index (χ0) is 19.4. The Labute approximate surface area is 178 Å². The zero-order valence-corrected chi connectivity index (χ0v) is 18.0. The lowest BCUT2D eigenvalue weighted by Gasteiger charge is -2.47. The fourth-order valence-corrected chi connectivity index (χ4v) is 4.61. The Morgan fingerprint density at radius 3 is 2.62 bits per heavy atom. The van der Waals surface area contributed by atoms with Crippen molar-refractivity contribution in [3.63, 3.8) is 0 Å². The van der Waals surface area contributed by atoms with Gasteiger partial charge in [-0.25, -0.2) is 5.43 Å². The molecule has 29 heavy (non-hydrogen) atoms. The van der Waals surface area contributed by atoms with Crippen molar-refractivity contribution >= 4 is 24.0 Å². The maximum atomic E-state index is 11.9. The van der Waals surface area contributed by atoms with E-state index in [1.807, 2.05) is 26.0 Å². The van der Waals surface area contributed by atoms with E-state index in [-0.39, 0.29) is 18.3 Å². The van der Waals surface area contributed by atoms with E-state index < -0.39 is 11.2 Å². The maximum absolute atomic E-state index is 11.9. The largest absolute Gasteiger partial charge is 0.462 e. The number of nitrogens with zero attached hydrogens (tertiary/aromatic N) is 2. The molecule has 4 aliphatic rings. The molecule has 3 heterocycles. The highest BCUT2D eigenvalue weighted by Crippen LogP contribution is 2.40. The summed E-state index contributed by atoms with van der Waals surface area (Å²) in [4.78, 5) is 14.5. The minimum atomic E-state index is -0.465. The van der Waals surface area contributed by atoms with Crippen molar-refractivity contribution in [3.8, 4) is 5.75 Å². The second-order valence-electron chi connectivity index (χ2n) is 9.30. The molecule has 1 saturated heterocycles. The van der Waals surface area contributed by atoms with E-state index in [2.05, 4.69) is 21.5 Å². The molecule has 158 valence electrons. The number of hydrazone groups is 1. The fraction of sp³-hybridized carbons (Fsp3) is 0.636. The molecule has 7 heteroatoms. The number of hydrogen-bond donors (Lipinski definition) is 1. The number of fused-ring (bicyclic) bond motifs is 1. The monoisotopic (exact) mass is 419 g/mol. The number of carbonyl (C=O) groups is 1. The number of amides is 1. The Balaban J connectivity index is 0.00000205. The molecule has 1 aromatic carbocycles. The smallest absolute Gasteiger partial charge is 0.246 e. The summed E-state index contributed by atoms with van der Waals surface area (Å²) in [5.41, 5.74) is 5.19. The SMILES string of the molecule is CC1(C)CC(c2ccc3c(c2)COC2(CCN(C4CCC4)CC2)O3)=NNC1=O.Cl. The van der Waals surface area contributed by atoms with E-state index in [9.17, 15) is 4.79 Å². The molecule has 6 nitrogen and oxygen atoms in total. The van der Waals surface area contributed by atoms with Gasteiger partial charge in [0.1, 0.15) is 5.75 Å². The molecule has 0 aromatic heterocycles. The van der Waals surface area contributed by atoms with Crippen LogP contribution in [0.4, 0.5) is 0 Å². The van der Waals surface area contributed by atoms with E-state index in [1.165, 1.54) is 19.3 Å². The minimum absolute atomic E-state index is 0. The van der Waals surface area contributed by atoms with Gasteiger partial charge in [0.25, 0.3) is 0 Å². The summed E-state index contributed by atoms with van der Waals surface area (Å²) < 4.78 is 12.6. The van der Waals surface area contributed by atoms with Gasteiger partial charge in [-0.1, -0.05) is 20.3 Å². The van der Waals surface area contributed by atoms with Crippen molar-refractivity contribution in [1.29, 1.82) is 0 Å². The number of benzene rings is 1. The summed E-state index contributed by atoms with van der Waals surface area (Å²) in [6, 6.07) is 6.97. The normalized spacial score (nSPS) is 25.7. The lowest BCUT2D eigenvalue weighted by Crippen LogP contribution is -2.54. The summed E-state index contributed by atoms with van der Waals surface area (Å²) in [5.74, 6) is 0.426. The number of piperidine rings is 1. The Morgan fingerprint density at radius 1 is 1.21 bits per heavy atom. The quantitative estimate of drug-likeness (QED) is 0.795. The van der Waals surface area contributed by atoms with Crippen molar-refractivity contribution in [1.82, 2.24) is 10.3 Å². The highest BCUT2D eigenvalue weighted by atomic mass is 35.5. The maximum Gasteiger partial charge on any atom is 0.246 e. The van der Waals surface area contributed by atoms with Gasteiger partial charge in [0.05, 0.1) is 17.7 Å². The molecule has 5 rings (SSSR count). The predicted octanol–water partition coefficient (Wildman–Crippen LogP) is 3.61. The van der Waals surface area contributed by atoms with Crippen LogP contribution in [0, 0.1) is 5.41 Å². The first-order valence-electron chi connectivity index (χ1n) is 10.5. The molecule has 3 aliphatic heterocycles. The van der Waals surface area contributed by atoms with Crippen LogP contribution in [0.25, 0.3) is 0 Å². The fourth-order valence-electron chi connectivity index (χ4n) is 4.61. The van der Waals surface area contributed by atoms with Gasteiger partial charge in [-0.05, 0) is 36.6 Å². The van der Waals surface area contributed by atoms with Crippen molar-refractivity contribution < 1.29 is 14.3 Å². The average molecular weight is 420 g/mol. The number of ether oxygens (including phenoxy) is 2. The number of likely N-dealkylation sites (tertiary alicyclic amines) is 1. The third-order valence-corrected chi connectivity index (χ3v) is 6.85. The second kappa shape index (κ2) is 7.56. The molecule has 2 fully saturated rings. The zero-order valence-electron chi connectivity index (χ0n) is 17.2. The van der Waals surface area contributed by atoms with Crippen molar-refractivity contribution in [2.24, 2.45) is 10.5 Å². The molecular weight excluding hydrogens is 390 g/mol. The molecule has 0 bridgehead atoms. The number of rotatable bonds is 2. The van der Waals surface area contributed by atoms with Gasteiger partial charge in [0, 0.05) is 44.0 Å². The summed E-state index contributed by atoms with van der Waals surface area (Å²) in [5, 5.41) is 4.28. The predicted molar refractivity (Wildman–Crippen MR) is 113 cm³/mol. The Morgan fingerprint density at radius 2 is 1.97 bits per heavy atom. The minimum Gasteiger partial charge on any atom is -0.462 e. The molecule has 1 aromatic rings. The van der Waals surface area contributed by atoms with Gasteiger partial charge >= 0.3 is 0 Å². The molecule has 1 amide bonds. The van der Waals surface area contributed by atoms with Crippen LogP contribution in [0.5, 0.6) is 5.75 Å². The molecule has 1 N–H and O–H groups in total. The molecule has 1 saturated carbocycles. The topological polar surface area (TPSA) is 63.2 Å². The van der Waals surface area contributed by atoms with Crippen molar-refractivity contribution in [2.45, 2.75) is 70.8 Å². The van der Waals surface area contributed by atoms with Crippen LogP contribution in [-0.4, -0.2) is 41.4 Å². The van der Waals surface area contributed by atoms with E-state index in [4.69, 9.17) is 9.47 Å². The number of nitrogens with one attached hydrogen (secondary N) is 1. The van der Waals surface area contributed by atoms with Gasteiger partial charge in [0.2, 0.25) is 11.7 Å². The van der Waals surface area contributed by atoms with Gasteiger partial charge in [-0.15, -0.1) is 12.4 Å². The van der Waals surface area contributed by atoms with E-state index in [0.29, 0.717) is 13.0 Å². The summed E-state index contributed by atoms with van der Waals surface area (Å²) in [6.45, 7) is 6.58.